The summed E-state index contributed by atoms with van der Waals surface area (Å²) in [5.41, 5.74) is 0.745. The average Bonchev–Trinajstić information content (AvgIpc) is 2.54. The van der Waals surface area contributed by atoms with Gasteiger partial charge in [-0.25, -0.2) is 9.59 Å². The Bertz CT molecular complexity index is 616. The van der Waals surface area contributed by atoms with Gasteiger partial charge in [0.05, 0.1) is 0 Å². The molecule has 0 aromatic heterocycles. The zero-order valence-electron chi connectivity index (χ0n) is 12.2. The second kappa shape index (κ2) is 9.73. The first-order valence-corrected chi connectivity index (χ1v) is 6.73. The van der Waals surface area contributed by atoms with Gasteiger partial charge in [0, 0.05) is 5.56 Å². The van der Waals surface area contributed by atoms with Crippen molar-refractivity contribution in [1.29, 1.82) is 0 Å². The maximum absolute atomic E-state index is 11.8. The van der Waals surface area contributed by atoms with E-state index in [0.29, 0.717) is 5.92 Å². The number of carbonyl (C=O) groups is 3. The lowest BCUT2D eigenvalue weighted by Crippen LogP contribution is -2.05. The average molecular weight is 316 g/mol. The Labute approximate surface area is 133 Å². The zero-order valence-corrected chi connectivity index (χ0v) is 12.2. The summed E-state index contributed by atoms with van der Waals surface area (Å²) in [5, 5.41) is 15.0. The molecule has 2 N–H and O–H groups in total. The van der Waals surface area contributed by atoms with Gasteiger partial charge in [0.2, 0.25) is 0 Å². The molecule has 1 aromatic rings. The highest BCUT2D eigenvalue weighted by atomic mass is 16.7. The summed E-state index contributed by atoms with van der Waals surface area (Å²) in [7, 11) is 0. The minimum absolute atomic E-state index is 0.0727. The molecule has 0 aliphatic heterocycles. The molecule has 0 fully saturated rings. The zero-order chi connectivity index (χ0) is 17.1. The smallest absolute Gasteiger partial charge is 0.449 e. The summed E-state index contributed by atoms with van der Waals surface area (Å²) in [6, 6.07) is 9.34. The van der Waals surface area contributed by atoms with Gasteiger partial charge in [-0.3, -0.25) is 4.79 Å². The summed E-state index contributed by atoms with van der Waals surface area (Å²) in [6.07, 6.45) is 9.26. The molecule has 120 valence electrons. The van der Waals surface area contributed by atoms with Crippen LogP contribution in [0.2, 0.25) is 0 Å². The molecule has 0 heterocycles. The fourth-order valence-corrected chi connectivity index (χ4v) is 1.73. The van der Waals surface area contributed by atoms with Crippen molar-refractivity contribution in [3.05, 3.63) is 72.4 Å². The van der Waals surface area contributed by atoms with Gasteiger partial charge in [-0.05, 0) is 18.4 Å². The van der Waals surface area contributed by atoms with Crippen molar-refractivity contribution in [2.45, 2.75) is 6.42 Å². The number of ketones is 1. The second-order valence-corrected chi connectivity index (χ2v) is 4.44. The van der Waals surface area contributed by atoms with Crippen LogP contribution in [0, 0.1) is 5.92 Å². The first-order valence-electron chi connectivity index (χ1n) is 6.73. The fourth-order valence-electron chi connectivity index (χ4n) is 1.73. The number of carboxylic acid groups (broad SMARTS) is 2. The Kier molecular flexibility index (Phi) is 7.57. The largest absolute Gasteiger partial charge is 0.516 e. The van der Waals surface area contributed by atoms with Crippen molar-refractivity contribution in [1.82, 2.24) is 0 Å². The van der Waals surface area contributed by atoms with Crippen LogP contribution in [0.15, 0.2) is 66.8 Å². The van der Waals surface area contributed by atoms with Crippen molar-refractivity contribution >= 4 is 18.1 Å². The van der Waals surface area contributed by atoms with Crippen LogP contribution < -0.4 is 0 Å². The molecule has 0 saturated heterocycles. The highest BCUT2D eigenvalue weighted by Gasteiger charge is 2.03. The molecule has 1 atom stereocenters. The van der Waals surface area contributed by atoms with E-state index in [2.05, 4.69) is 16.9 Å². The molecule has 1 aliphatic rings. The molecular weight excluding hydrogens is 300 g/mol. The summed E-state index contributed by atoms with van der Waals surface area (Å²) in [6.45, 7) is 0. The van der Waals surface area contributed by atoms with E-state index in [-0.39, 0.29) is 5.78 Å². The van der Waals surface area contributed by atoms with Gasteiger partial charge in [0.15, 0.2) is 5.78 Å². The number of hydrogen-bond acceptors (Lipinski definition) is 4. The van der Waals surface area contributed by atoms with E-state index in [1.54, 1.807) is 6.08 Å². The van der Waals surface area contributed by atoms with E-state index in [4.69, 9.17) is 10.2 Å². The number of ether oxygens (including phenoxy) is 1. The normalized spacial score (nSPS) is 15.6. The Balaban J connectivity index is 0.000000322. The molecule has 23 heavy (non-hydrogen) atoms. The van der Waals surface area contributed by atoms with Crippen LogP contribution in [0.1, 0.15) is 16.8 Å². The molecule has 0 bridgehead atoms. The van der Waals surface area contributed by atoms with Crippen LogP contribution in [0.25, 0.3) is 0 Å². The third-order valence-corrected chi connectivity index (χ3v) is 2.74. The summed E-state index contributed by atoms with van der Waals surface area (Å²) >= 11 is 0. The standard InChI is InChI=1S/C15H14O.C2H2O5/c16-15(14-9-5-2-6-10-14)12-11-13-7-3-1-4-8-13;3-1(4)7-2(5)6/h1-7,9-13H,8H2;(H,3,4)(H,5,6). The molecule has 1 aliphatic carbocycles. The van der Waals surface area contributed by atoms with Crippen LogP contribution in [-0.4, -0.2) is 28.3 Å². The monoisotopic (exact) mass is 316 g/mol. The quantitative estimate of drug-likeness (QED) is 0.379. The predicted molar refractivity (Wildman–Crippen MR) is 83.4 cm³/mol. The third-order valence-electron chi connectivity index (χ3n) is 2.74. The Morgan fingerprint density at radius 3 is 2.17 bits per heavy atom. The summed E-state index contributed by atoms with van der Waals surface area (Å²) in [4.78, 5) is 30.2. The molecule has 6 nitrogen and oxygen atoms in total. The lowest BCUT2D eigenvalue weighted by atomic mass is 9.99. The molecule has 0 radical (unpaired) electrons. The highest BCUT2D eigenvalue weighted by molar-refractivity contribution is 6.04. The van der Waals surface area contributed by atoms with E-state index in [1.165, 1.54) is 0 Å². The molecule has 0 amide bonds. The second-order valence-electron chi connectivity index (χ2n) is 4.44. The van der Waals surface area contributed by atoms with Crippen LogP contribution >= 0.6 is 0 Å². The van der Waals surface area contributed by atoms with Crippen molar-refractivity contribution in [2.24, 2.45) is 5.92 Å². The third kappa shape index (κ3) is 8.01. The van der Waals surface area contributed by atoms with Crippen LogP contribution in [0.5, 0.6) is 0 Å². The first-order chi connectivity index (χ1) is 11.0. The van der Waals surface area contributed by atoms with Gasteiger partial charge in [-0.2, -0.15) is 0 Å². The molecule has 6 heteroatoms. The number of benzene rings is 1. The molecule has 1 aromatic carbocycles. The first kappa shape index (κ1) is 17.9. The molecule has 1 unspecified atom stereocenters. The number of rotatable bonds is 3. The van der Waals surface area contributed by atoms with Crippen molar-refractivity contribution in [3.63, 3.8) is 0 Å². The maximum atomic E-state index is 11.8. The van der Waals surface area contributed by atoms with Crippen molar-refractivity contribution in [2.75, 3.05) is 0 Å². The van der Waals surface area contributed by atoms with Crippen LogP contribution in [-0.2, 0) is 4.74 Å². The summed E-state index contributed by atoms with van der Waals surface area (Å²) in [5.74, 6) is 0.432. The minimum Gasteiger partial charge on any atom is -0.449 e. The van der Waals surface area contributed by atoms with Gasteiger partial charge in [0.25, 0.3) is 0 Å². The minimum atomic E-state index is -1.81. The van der Waals surface area contributed by atoms with E-state index < -0.39 is 12.3 Å². The molecule has 2 rings (SSSR count). The van der Waals surface area contributed by atoms with Gasteiger partial charge < -0.3 is 14.9 Å². The Morgan fingerprint density at radius 2 is 1.70 bits per heavy atom. The molecular formula is C17H16O6. The van der Waals surface area contributed by atoms with Crippen molar-refractivity contribution < 1.29 is 29.3 Å². The van der Waals surface area contributed by atoms with Gasteiger partial charge in [-0.1, -0.05) is 60.7 Å². The van der Waals surface area contributed by atoms with E-state index in [1.807, 2.05) is 48.6 Å². The maximum Gasteiger partial charge on any atom is 0.516 e. The Hall–Kier alpha value is -3.15. The van der Waals surface area contributed by atoms with Crippen LogP contribution in [0.4, 0.5) is 9.59 Å². The van der Waals surface area contributed by atoms with Gasteiger partial charge in [0.1, 0.15) is 0 Å². The highest BCUT2D eigenvalue weighted by Crippen LogP contribution is 2.13. The SMILES string of the molecule is O=C(C=CC1C=CC=CC1)c1ccccc1.O=C(O)OC(=O)O. The number of hydrogen-bond donors (Lipinski definition) is 2. The number of carbonyl (C=O) groups excluding carboxylic acids is 1. The van der Waals surface area contributed by atoms with E-state index in [9.17, 15) is 14.4 Å². The molecule has 0 saturated carbocycles. The fraction of sp³-hybridized carbons (Fsp3) is 0.118. The van der Waals surface area contributed by atoms with Gasteiger partial charge >= 0.3 is 12.3 Å². The van der Waals surface area contributed by atoms with E-state index >= 15 is 0 Å². The van der Waals surface area contributed by atoms with Gasteiger partial charge in [-0.15, -0.1) is 0 Å². The van der Waals surface area contributed by atoms with E-state index in [0.717, 1.165) is 12.0 Å². The summed E-state index contributed by atoms with van der Waals surface area (Å²) < 4.78 is 3.08. The predicted octanol–water partition coefficient (Wildman–Crippen LogP) is 3.92. The molecule has 0 spiro atoms. The lowest BCUT2D eigenvalue weighted by molar-refractivity contribution is 0.0801. The van der Waals surface area contributed by atoms with Crippen LogP contribution in [0.3, 0.4) is 0 Å². The topological polar surface area (TPSA) is 101 Å². The lowest BCUT2D eigenvalue weighted by Gasteiger charge is -2.06. The van der Waals surface area contributed by atoms with Crippen molar-refractivity contribution in [3.8, 4) is 0 Å². The Morgan fingerprint density at radius 1 is 1.04 bits per heavy atom. The number of allylic oxidation sites excluding steroid dienone is 6.